The largest absolute Gasteiger partial charge is 0.497 e. The summed E-state index contributed by atoms with van der Waals surface area (Å²) in [5.41, 5.74) is 5.31. The van der Waals surface area contributed by atoms with Crippen molar-refractivity contribution in [2.24, 2.45) is 0 Å². The Bertz CT molecular complexity index is 1070. The fraction of sp³-hybridized carbons (Fsp3) is 0.333. The molecule has 1 fully saturated rings. The molecule has 5 heteroatoms. The van der Waals surface area contributed by atoms with E-state index in [1.165, 1.54) is 22.4 Å². The topological polar surface area (TPSA) is 34.2 Å². The molecular formula is C27H30N2O3. The van der Waals surface area contributed by atoms with E-state index in [-0.39, 0.29) is 0 Å². The van der Waals surface area contributed by atoms with Gasteiger partial charge in [0.25, 0.3) is 0 Å². The minimum atomic E-state index is 0.301. The van der Waals surface area contributed by atoms with Crippen LogP contribution in [-0.2, 0) is 6.42 Å². The molecule has 3 aromatic rings. The Kier molecular flexibility index (Phi) is 5.66. The zero-order chi connectivity index (χ0) is 22.1. The predicted molar refractivity (Wildman–Crippen MR) is 127 cm³/mol. The highest BCUT2D eigenvalue weighted by atomic mass is 16.5. The van der Waals surface area contributed by atoms with Gasteiger partial charge in [-0.15, -0.1) is 0 Å². The molecule has 2 aliphatic rings. The summed E-state index contributed by atoms with van der Waals surface area (Å²) >= 11 is 0. The number of rotatable bonds is 5. The van der Waals surface area contributed by atoms with E-state index in [4.69, 9.17) is 14.2 Å². The SMILES string of the molecule is COc1ccc(N2C[C@@H](c3ccccc3)[C@H]3c4cc(OC)c(OC)cc4CCN3C2)cc1. The fourth-order valence-corrected chi connectivity index (χ4v) is 5.24. The molecule has 0 amide bonds. The maximum Gasteiger partial charge on any atom is 0.161 e. The van der Waals surface area contributed by atoms with E-state index < -0.39 is 0 Å². The van der Waals surface area contributed by atoms with E-state index in [9.17, 15) is 0 Å². The molecular weight excluding hydrogens is 400 g/mol. The Morgan fingerprint density at radius 1 is 0.812 bits per heavy atom. The zero-order valence-corrected chi connectivity index (χ0v) is 19.0. The van der Waals surface area contributed by atoms with Crippen LogP contribution in [-0.4, -0.2) is 46.0 Å². The molecule has 0 N–H and O–H groups in total. The molecule has 0 aromatic heterocycles. The van der Waals surface area contributed by atoms with Crippen LogP contribution < -0.4 is 19.1 Å². The number of benzene rings is 3. The molecule has 0 unspecified atom stereocenters. The summed E-state index contributed by atoms with van der Waals surface area (Å²) in [6.45, 7) is 2.86. The molecule has 0 aliphatic carbocycles. The standard InChI is InChI=1S/C27H30N2O3/c1-30-22-11-9-21(10-12-22)29-17-24(19-7-5-4-6-8-19)27-23-16-26(32-3)25(31-2)15-20(23)13-14-28(27)18-29/h4-12,15-16,24,27H,13-14,17-18H2,1-3H3/t24-,27+/m0/s1. The van der Waals surface area contributed by atoms with Gasteiger partial charge in [0, 0.05) is 30.7 Å². The Labute approximate surface area is 190 Å². The normalized spacial score (nSPS) is 20.3. The Hall–Kier alpha value is -3.18. The van der Waals surface area contributed by atoms with E-state index >= 15 is 0 Å². The van der Waals surface area contributed by atoms with E-state index in [2.05, 4.69) is 64.4 Å². The highest BCUT2D eigenvalue weighted by Gasteiger charge is 2.40. The zero-order valence-electron chi connectivity index (χ0n) is 19.0. The molecule has 0 radical (unpaired) electrons. The lowest BCUT2D eigenvalue weighted by atomic mass is 9.79. The highest BCUT2D eigenvalue weighted by Crippen LogP contribution is 2.47. The van der Waals surface area contributed by atoms with Crippen molar-refractivity contribution in [1.82, 2.24) is 4.90 Å². The third kappa shape index (κ3) is 3.67. The number of fused-ring (bicyclic) bond motifs is 3. The molecule has 32 heavy (non-hydrogen) atoms. The van der Waals surface area contributed by atoms with Gasteiger partial charge in [0.15, 0.2) is 11.5 Å². The molecule has 2 atom stereocenters. The van der Waals surface area contributed by atoms with Crippen molar-refractivity contribution < 1.29 is 14.2 Å². The summed E-state index contributed by atoms with van der Waals surface area (Å²) in [5.74, 6) is 2.84. The first-order valence-electron chi connectivity index (χ1n) is 11.1. The van der Waals surface area contributed by atoms with Crippen molar-refractivity contribution in [3.05, 3.63) is 83.4 Å². The molecule has 0 saturated carbocycles. The second-order valence-electron chi connectivity index (χ2n) is 8.49. The van der Waals surface area contributed by atoms with E-state index in [1.54, 1.807) is 21.3 Å². The second kappa shape index (κ2) is 8.75. The van der Waals surface area contributed by atoms with Crippen molar-refractivity contribution in [2.75, 3.05) is 46.0 Å². The van der Waals surface area contributed by atoms with Gasteiger partial charge in [-0.1, -0.05) is 30.3 Å². The number of hydrogen-bond donors (Lipinski definition) is 0. The molecule has 5 rings (SSSR count). The Balaban J connectivity index is 1.56. The van der Waals surface area contributed by atoms with Gasteiger partial charge in [0.1, 0.15) is 5.75 Å². The summed E-state index contributed by atoms with van der Waals surface area (Å²) in [6.07, 6.45) is 1.00. The maximum absolute atomic E-state index is 5.67. The monoisotopic (exact) mass is 430 g/mol. The van der Waals surface area contributed by atoms with Crippen LogP contribution in [0.15, 0.2) is 66.7 Å². The average molecular weight is 431 g/mol. The summed E-state index contributed by atoms with van der Waals surface area (Å²) < 4.78 is 16.6. The predicted octanol–water partition coefficient (Wildman–Crippen LogP) is 4.87. The average Bonchev–Trinajstić information content (AvgIpc) is 2.87. The summed E-state index contributed by atoms with van der Waals surface area (Å²) in [6, 6.07) is 24.0. The van der Waals surface area contributed by atoms with E-state index in [0.29, 0.717) is 12.0 Å². The summed E-state index contributed by atoms with van der Waals surface area (Å²) in [4.78, 5) is 5.10. The van der Waals surface area contributed by atoms with Crippen LogP contribution in [0.3, 0.4) is 0 Å². The van der Waals surface area contributed by atoms with Crippen LogP contribution in [0.1, 0.15) is 28.7 Å². The lowest BCUT2D eigenvalue weighted by molar-refractivity contribution is 0.128. The number of hydrogen-bond acceptors (Lipinski definition) is 5. The third-order valence-corrected chi connectivity index (χ3v) is 6.84. The molecule has 1 saturated heterocycles. The smallest absolute Gasteiger partial charge is 0.161 e. The number of anilines is 1. The van der Waals surface area contributed by atoms with Crippen LogP contribution in [0.5, 0.6) is 17.2 Å². The maximum atomic E-state index is 5.67. The first kappa shape index (κ1) is 20.7. The molecule has 2 heterocycles. The first-order valence-corrected chi connectivity index (χ1v) is 11.1. The number of nitrogens with zero attached hydrogens (tertiary/aromatic N) is 2. The molecule has 5 nitrogen and oxygen atoms in total. The van der Waals surface area contributed by atoms with Crippen molar-refractivity contribution in [1.29, 1.82) is 0 Å². The lowest BCUT2D eigenvalue weighted by Crippen LogP contribution is -2.52. The second-order valence-corrected chi connectivity index (χ2v) is 8.49. The summed E-state index contributed by atoms with van der Waals surface area (Å²) in [7, 11) is 5.13. The number of methoxy groups -OCH3 is 3. The minimum absolute atomic E-state index is 0.301. The molecule has 2 aliphatic heterocycles. The van der Waals surface area contributed by atoms with Crippen molar-refractivity contribution in [2.45, 2.75) is 18.4 Å². The van der Waals surface area contributed by atoms with Crippen LogP contribution in [0.2, 0.25) is 0 Å². The summed E-state index contributed by atoms with van der Waals surface area (Å²) in [5, 5.41) is 0. The molecule has 3 aromatic carbocycles. The molecule has 0 bridgehead atoms. The van der Waals surface area contributed by atoms with Gasteiger partial charge < -0.3 is 19.1 Å². The van der Waals surface area contributed by atoms with Gasteiger partial charge in [0.05, 0.1) is 28.0 Å². The number of ether oxygens (including phenoxy) is 3. The van der Waals surface area contributed by atoms with Gasteiger partial charge in [-0.3, -0.25) is 4.90 Å². The minimum Gasteiger partial charge on any atom is -0.497 e. The van der Waals surface area contributed by atoms with Crippen molar-refractivity contribution >= 4 is 5.69 Å². The van der Waals surface area contributed by atoms with Crippen molar-refractivity contribution in [3.63, 3.8) is 0 Å². The fourth-order valence-electron chi connectivity index (χ4n) is 5.24. The van der Waals surface area contributed by atoms with E-state index in [1.807, 2.05) is 12.1 Å². The van der Waals surface area contributed by atoms with Crippen LogP contribution in [0.25, 0.3) is 0 Å². The van der Waals surface area contributed by atoms with Crippen molar-refractivity contribution in [3.8, 4) is 17.2 Å². The first-order chi connectivity index (χ1) is 15.7. The lowest BCUT2D eigenvalue weighted by Gasteiger charge is -2.50. The van der Waals surface area contributed by atoms with Gasteiger partial charge in [0.2, 0.25) is 0 Å². The Morgan fingerprint density at radius 3 is 2.22 bits per heavy atom. The molecule has 0 spiro atoms. The quantitative estimate of drug-likeness (QED) is 0.577. The van der Waals surface area contributed by atoms with Gasteiger partial charge >= 0.3 is 0 Å². The Morgan fingerprint density at radius 2 is 1.53 bits per heavy atom. The van der Waals surface area contributed by atoms with E-state index in [0.717, 1.165) is 43.4 Å². The third-order valence-electron chi connectivity index (χ3n) is 6.84. The van der Waals surface area contributed by atoms with Crippen LogP contribution >= 0.6 is 0 Å². The van der Waals surface area contributed by atoms with Gasteiger partial charge in [-0.05, 0) is 59.5 Å². The van der Waals surface area contributed by atoms with Crippen LogP contribution in [0, 0.1) is 0 Å². The van der Waals surface area contributed by atoms with Gasteiger partial charge in [-0.25, -0.2) is 0 Å². The molecule has 166 valence electrons. The van der Waals surface area contributed by atoms with Crippen LogP contribution in [0.4, 0.5) is 5.69 Å². The highest BCUT2D eigenvalue weighted by molar-refractivity contribution is 5.54. The van der Waals surface area contributed by atoms with Gasteiger partial charge in [-0.2, -0.15) is 0 Å².